The van der Waals surface area contributed by atoms with E-state index in [1.165, 1.54) is 6.07 Å². The molecule has 4 heteroatoms. The molecular weight excluding hydrogens is 219 g/mol. The largest absolute Gasteiger partial charge is 0.398 e. The van der Waals surface area contributed by atoms with Crippen molar-refractivity contribution in [2.75, 3.05) is 5.73 Å². The minimum absolute atomic E-state index is 0.151. The Morgan fingerprint density at radius 3 is 2.29 bits per heavy atom. The molecule has 86 valence electrons. The average Bonchev–Trinajstić information content (AvgIpc) is 2.28. The van der Waals surface area contributed by atoms with Crippen molar-refractivity contribution in [3.05, 3.63) is 53.8 Å². The predicted molar refractivity (Wildman–Crippen MR) is 64.8 cm³/mol. The minimum atomic E-state index is -0.665. The molecule has 0 bridgehead atoms. The monoisotopic (exact) mass is 230 g/mol. The number of carbonyl (C=O) groups is 1. The average molecular weight is 230 g/mol. The first-order chi connectivity index (χ1) is 8.11. The number of hydrogen-bond acceptors (Lipinski definition) is 2. The second-order valence-corrected chi connectivity index (χ2v) is 3.61. The number of hydrogen-bond donors (Lipinski definition) is 2. The number of carbonyl (C=O) groups excluding carboxylic acids is 1. The van der Waals surface area contributed by atoms with Gasteiger partial charge < -0.3 is 11.5 Å². The van der Waals surface area contributed by atoms with Crippen LogP contribution in [0.1, 0.15) is 10.4 Å². The van der Waals surface area contributed by atoms with E-state index in [1.54, 1.807) is 36.4 Å². The number of anilines is 1. The molecule has 0 aromatic heterocycles. The van der Waals surface area contributed by atoms with Gasteiger partial charge in [-0.2, -0.15) is 0 Å². The van der Waals surface area contributed by atoms with Crippen LogP contribution in [0.4, 0.5) is 10.1 Å². The van der Waals surface area contributed by atoms with Crippen molar-refractivity contribution in [2.24, 2.45) is 5.73 Å². The number of benzene rings is 2. The highest BCUT2D eigenvalue weighted by Gasteiger charge is 2.15. The fourth-order valence-corrected chi connectivity index (χ4v) is 1.75. The van der Waals surface area contributed by atoms with Crippen LogP contribution in [0.3, 0.4) is 0 Å². The van der Waals surface area contributed by atoms with Gasteiger partial charge in [0, 0.05) is 11.3 Å². The van der Waals surface area contributed by atoms with Crippen molar-refractivity contribution >= 4 is 11.6 Å². The first-order valence-electron chi connectivity index (χ1n) is 5.04. The Morgan fingerprint density at radius 2 is 1.65 bits per heavy atom. The second-order valence-electron chi connectivity index (χ2n) is 3.61. The van der Waals surface area contributed by atoms with Crippen LogP contribution in [-0.4, -0.2) is 5.91 Å². The van der Waals surface area contributed by atoms with Crippen molar-refractivity contribution < 1.29 is 9.18 Å². The molecule has 0 heterocycles. The number of rotatable bonds is 2. The van der Waals surface area contributed by atoms with E-state index in [9.17, 15) is 9.18 Å². The SMILES string of the molecule is NC(=O)c1c(N)cccc1-c1ccccc1F. The van der Waals surface area contributed by atoms with Gasteiger partial charge in [-0.1, -0.05) is 30.3 Å². The van der Waals surface area contributed by atoms with Crippen molar-refractivity contribution in [2.45, 2.75) is 0 Å². The maximum Gasteiger partial charge on any atom is 0.251 e. The number of amides is 1. The number of halogens is 1. The van der Waals surface area contributed by atoms with Crippen molar-refractivity contribution in [3.8, 4) is 11.1 Å². The number of nitrogen functional groups attached to an aromatic ring is 1. The van der Waals surface area contributed by atoms with Crippen LogP contribution in [0.2, 0.25) is 0 Å². The van der Waals surface area contributed by atoms with Crippen LogP contribution in [0, 0.1) is 5.82 Å². The Bertz CT molecular complexity index is 581. The summed E-state index contributed by atoms with van der Waals surface area (Å²) in [5.74, 6) is -1.08. The topological polar surface area (TPSA) is 69.1 Å². The molecule has 0 spiro atoms. The smallest absolute Gasteiger partial charge is 0.251 e. The van der Waals surface area contributed by atoms with E-state index in [0.29, 0.717) is 11.1 Å². The van der Waals surface area contributed by atoms with Crippen LogP contribution in [0.15, 0.2) is 42.5 Å². The van der Waals surface area contributed by atoms with Crippen LogP contribution < -0.4 is 11.5 Å². The summed E-state index contributed by atoms with van der Waals surface area (Å²) in [4.78, 5) is 11.3. The molecule has 0 aliphatic heterocycles. The zero-order chi connectivity index (χ0) is 12.4. The van der Waals surface area contributed by atoms with Crippen molar-refractivity contribution in [1.29, 1.82) is 0 Å². The minimum Gasteiger partial charge on any atom is -0.398 e. The molecule has 2 rings (SSSR count). The Kier molecular flexibility index (Phi) is 2.78. The third-order valence-corrected chi connectivity index (χ3v) is 2.51. The van der Waals surface area contributed by atoms with E-state index in [2.05, 4.69) is 0 Å². The summed E-state index contributed by atoms with van der Waals surface area (Å²) >= 11 is 0. The zero-order valence-corrected chi connectivity index (χ0v) is 8.98. The Morgan fingerprint density at radius 1 is 1.00 bits per heavy atom. The zero-order valence-electron chi connectivity index (χ0n) is 8.98. The summed E-state index contributed by atoms with van der Waals surface area (Å²) in [6, 6.07) is 11.0. The molecule has 0 saturated heterocycles. The van der Waals surface area contributed by atoms with Gasteiger partial charge in [0.15, 0.2) is 0 Å². The first kappa shape index (κ1) is 11.1. The molecular formula is C13H11FN2O. The van der Waals surface area contributed by atoms with Gasteiger partial charge in [0.25, 0.3) is 5.91 Å². The molecule has 0 aliphatic rings. The third-order valence-electron chi connectivity index (χ3n) is 2.51. The van der Waals surface area contributed by atoms with Gasteiger partial charge in [-0.3, -0.25) is 4.79 Å². The normalized spacial score (nSPS) is 10.2. The summed E-state index contributed by atoms with van der Waals surface area (Å²) in [6.07, 6.45) is 0. The van der Waals surface area contributed by atoms with E-state index in [1.807, 2.05) is 0 Å². The molecule has 2 aromatic rings. The van der Waals surface area contributed by atoms with Gasteiger partial charge in [-0.05, 0) is 17.7 Å². The van der Waals surface area contributed by atoms with E-state index in [0.717, 1.165) is 0 Å². The summed E-state index contributed by atoms with van der Waals surface area (Å²) in [6.45, 7) is 0. The lowest BCUT2D eigenvalue weighted by Crippen LogP contribution is -2.15. The Balaban J connectivity index is 2.72. The van der Waals surface area contributed by atoms with E-state index < -0.39 is 11.7 Å². The van der Waals surface area contributed by atoms with Crippen LogP contribution in [0.25, 0.3) is 11.1 Å². The van der Waals surface area contributed by atoms with Crippen LogP contribution in [-0.2, 0) is 0 Å². The predicted octanol–water partition coefficient (Wildman–Crippen LogP) is 2.17. The second kappa shape index (κ2) is 4.25. The lowest BCUT2D eigenvalue weighted by molar-refractivity contribution is 0.100. The molecule has 17 heavy (non-hydrogen) atoms. The van der Waals surface area contributed by atoms with E-state index in [-0.39, 0.29) is 11.3 Å². The fourth-order valence-electron chi connectivity index (χ4n) is 1.75. The highest BCUT2D eigenvalue weighted by Crippen LogP contribution is 2.29. The fraction of sp³-hybridized carbons (Fsp3) is 0. The molecule has 0 aliphatic carbocycles. The standard InChI is InChI=1S/C13H11FN2O/c14-10-6-2-1-4-8(10)9-5-3-7-11(15)12(9)13(16)17/h1-7H,15H2,(H2,16,17). The van der Waals surface area contributed by atoms with Gasteiger partial charge in [-0.25, -0.2) is 4.39 Å². The molecule has 0 unspecified atom stereocenters. The molecule has 0 radical (unpaired) electrons. The first-order valence-corrected chi connectivity index (χ1v) is 5.04. The number of nitrogens with two attached hydrogens (primary N) is 2. The lowest BCUT2D eigenvalue weighted by atomic mass is 9.97. The number of primary amides is 1. The van der Waals surface area contributed by atoms with Gasteiger partial charge >= 0.3 is 0 Å². The maximum absolute atomic E-state index is 13.7. The van der Waals surface area contributed by atoms with Crippen molar-refractivity contribution in [1.82, 2.24) is 0 Å². The molecule has 4 N–H and O–H groups in total. The van der Waals surface area contributed by atoms with E-state index in [4.69, 9.17) is 11.5 Å². The summed E-state index contributed by atoms with van der Waals surface area (Å²) in [5.41, 5.74) is 12.1. The molecule has 3 nitrogen and oxygen atoms in total. The maximum atomic E-state index is 13.7. The van der Waals surface area contributed by atoms with Crippen LogP contribution in [0.5, 0.6) is 0 Å². The Hall–Kier alpha value is -2.36. The quantitative estimate of drug-likeness (QED) is 0.776. The summed E-state index contributed by atoms with van der Waals surface area (Å²) in [7, 11) is 0. The van der Waals surface area contributed by atoms with Gasteiger partial charge in [0.2, 0.25) is 0 Å². The third kappa shape index (κ3) is 1.97. The highest BCUT2D eigenvalue weighted by molar-refractivity contribution is 6.04. The summed E-state index contributed by atoms with van der Waals surface area (Å²) < 4.78 is 13.7. The van der Waals surface area contributed by atoms with Crippen LogP contribution >= 0.6 is 0 Å². The van der Waals surface area contributed by atoms with Gasteiger partial charge in [-0.15, -0.1) is 0 Å². The Labute approximate surface area is 97.9 Å². The molecule has 1 amide bonds. The van der Waals surface area contributed by atoms with Crippen molar-refractivity contribution in [3.63, 3.8) is 0 Å². The highest BCUT2D eigenvalue weighted by atomic mass is 19.1. The van der Waals surface area contributed by atoms with E-state index >= 15 is 0 Å². The lowest BCUT2D eigenvalue weighted by Gasteiger charge is -2.10. The molecule has 0 saturated carbocycles. The molecule has 0 atom stereocenters. The van der Waals surface area contributed by atoms with Gasteiger partial charge in [0.05, 0.1) is 5.56 Å². The molecule has 0 fully saturated rings. The summed E-state index contributed by atoms with van der Waals surface area (Å²) in [5, 5.41) is 0. The van der Waals surface area contributed by atoms with Gasteiger partial charge in [0.1, 0.15) is 5.82 Å². The molecule has 2 aromatic carbocycles.